The van der Waals surface area contributed by atoms with Crippen LogP contribution in [0.25, 0.3) is 0 Å². The van der Waals surface area contributed by atoms with Crippen molar-refractivity contribution in [3.8, 4) is 0 Å². The zero-order chi connectivity index (χ0) is 22.1. The van der Waals surface area contributed by atoms with Gasteiger partial charge in [0.25, 0.3) is 15.9 Å². The minimum absolute atomic E-state index is 0.0329. The summed E-state index contributed by atoms with van der Waals surface area (Å²) >= 11 is 12.6. The SMILES string of the molecule is Cc1ccc([C@H](C)NS(=O)(=O)c2nnc(NC(=O)c3ccc(Cl)cc3Cl)s2)c(C)c1. The summed E-state index contributed by atoms with van der Waals surface area (Å²) in [6.45, 7) is 5.65. The molecule has 11 heteroatoms. The van der Waals surface area contributed by atoms with Gasteiger partial charge in [0, 0.05) is 11.1 Å². The predicted molar refractivity (Wildman–Crippen MR) is 119 cm³/mol. The van der Waals surface area contributed by atoms with E-state index in [-0.39, 0.29) is 20.1 Å². The van der Waals surface area contributed by atoms with Gasteiger partial charge in [-0.1, -0.05) is 58.3 Å². The maximum absolute atomic E-state index is 12.7. The van der Waals surface area contributed by atoms with Crippen molar-refractivity contribution >= 4 is 55.6 Å². The highest BCUT2D eigenvalue weighted by atomic mass is 35.5. The normalized spacial score (nSPS) is 12.6. The number of aryl methyl sites for hydroxylation is 2. The largest absolute Gasteiger partial charge is 0.296 e. The molecule has 0 saturated carbocycles. The van der Waals surface area contributed by atoms with Crippen molar-refractivity contribution in [2.24, 2.45) is 0 Å². The maximum atomic E-state index is 12.7. The first-order chi connectivity index (χ1) is 14.1. The molecule has 1 amide bonds. The Labute approximate surface area is 188 Å². The summed E-state index contributed by atoms with van der Waals surface area (Å²) in [5, 5.41) is 10.5. The number of anilines is 1. The first-order valence-electron chi connectivity index (χ1n) is 8.76. The van der Waals surface area contributed by atoms with Crippen molar-refractivity contribution in [3.05, 3.63) is 68.7 Å². The molecule has 158 valence electrons. The minimum Gasteiger partial charge on any atom is -0.296 e. The summed E-state index contributed by atoms with van der Waals surface area (Å²) in [7, 11) is -3.93. The lowest BCUT2D eigenvalue weighted by molar-refractivity contribution is 0.102. The van der Waals surface area contributed by atoms with Crippen molar-refractivity contribution < 1.29 is 13.2 Å². The summed E-state index contributed by atoms with van der Waals surface area (Å²) < 4.78 is 27.7. The quantitative estimate of drug-likeness (QED) is 0.491. The average Bonchev–Trinajstić information content (AvgIpc) is 3.10. The molecule has 0 aliphatic rings. The Morgan fingerprint density at radius 2 is 1.83 bits per heavy atom. The fourth-order valence-corrected chi connectivity index (χ4v) is 5.49. The van der Waals surface area contributed by atoms with Gasteiger partial charge in [-0.2, -0.15) is 0 Å². The number of carbonyl (C=O) groups excluding carboxylic acids is 1. The third-order valence-corrected chi connectivity index (χ3v) is 7.55. The molecule has 3 aromatic rings. The van der Waals surface area contributed by atoms with E-state index in [4.69, 9.17) is 23.2 Å². The van der Waals surface area contributed by atoms with E-state index in [9.17, 15) is 13.2 Å². The van der Waals surface area contributed by atoms with Gasteiger partial charge in [-0.25, -0.2) is 13.1 Å². The van der Waals surface area contributed by atoms with Crippen molar-refractivity contribution in [2.75, 3.05) is 5.32 Å². The smallest absolute Gasteiger partial charge is 0.270 e. The van der Waals surface area contributed by atoms with E-state index in [1.807, 2.05) is 32.0 Å². The molecule has 1 aromatic heterocycles. The Morgan fingerprint density at radius 3 is 2.50 bits per heavy atom. The molecule has 1 atom stereocenters. The summed E-state index contributed by atoms with van der Waals surface area (Å²) in [5.74, 6) is -0.548. The molecule has 3 rings (SSSR count). The molecule has 0 aliphatic heterocycles. The van der Waals surface area contributed by atoms with Gasteiger partial charge in [0.05, 0.1) is 10.6 Å². The van der Waals surface area contributed by atoms with Gasteiger partial charge in [0.2, 0.25) is 9.47 Å². The first-order valence-corrected chi connectivity index (χ1v) is 11.8. The van der Waals surface area contributed by atoms with Crippen LogP contribution in [0.15, 0.2) is 40.7 Å². The molecule has 0 fully saturated rings. The number of nitrogens with one attached hydrogen (secondary N) is 2. The van der Waals surface area contributed by atoms with Gasteiger partial charge in [0.15, 0.2) is 0 Å². The molecule has 2 aromatic carbocycles. The van der Waals surface area contributed by atoms with E-state index >= 15 is 0 Å². The molecular weight excluding hydrogens is 467 g/mol. The van der Waals surface area contributed by atoms with Gasteiger partial charge in [-0.15, -0.1) is 10.2 Å². The molecule has 2 N–H and O–H groups in total. The first kappa shape index (κ1) is 22.6. The molecular formula is C19H18Cl2N4O3S2. The summed E-state index contributed by atoms with van der Waals surface area (Å²) in [6, 6.07) is 9.76. The molecule has 1 heterocycles. The Hall–Kier alpha value is -2.04. The van der Waals surface area contributed by atoms with E-state index in [2.05, 4.69) is 20.2 Å². The van der Waals surface area contributed by atoms with Crippen molar-refractivity contribution in [1.82, 2.24) is 14.9 Å². The van der Waals surface area contributed by atoms with E-state index in [1.54, 1.807) is 6.92 Å². The molecule has 0 radical (unpaired) electrons. The number of halogens is 2. The van der Waals surface area contributed by atoms with Crippen molar-refractivity contribution in [2.45, 2.75) is 31.2 Å². The fraction of sp³-hybridized carbons (Fsp3) is 0.211. The molecule has 0 spiro atoms. The highest BCUT2D eigenvalue weighted by molar-refractivity contribution is 7.91. The molecule has 0 unspecified atom stereocenters. The second-order valence-corrected chi connectivity index (χ2v) is 10.4. The van der Waals surface area contributed by atoms with E-state index in [1.165, 1.54) is 18.2 Å². The Kier molecular flexibility index (Phi) is 6.78. The van der Waals surface area contributed by atoms with E-state index in [0.717, 1.165) is 28.0 Å². The third kappa shape index (κ3) is 5.16. The molecule has 0 aliphatic carbocycles. The standard InChI is InChI=1S/C19H18Cl2N4O3S2/c1-10-4-6-14(11(2)8-10)12(3)25-30(27,28)19-24-23-18(29-19)22-17(26)15-7-5-13(20)9-16(15)21/h4-9,12,25H,1-3H3,(H,22,23,26)/t12-/m0/s1. The summed E-state index contributed by atoms with van der Waals surface area (Å²) in [5.41, 5.74) is 3.12. The average molecular weight is 485 g/mol. The van der Waals surface area contributed by atoms with Gasteiger partial charge < -0.3 is 0 Å². The number of rotatable bonds is 6. The van der Waals surface area contributed by atoms with Gasteiger partial charge in [0.1, 0.15) is 0 Å². The van der Waals surface area contributed by atoms with Crippen LogP contribution in [0.1, 0.15) is 40.0 Å². The number of hydrogen-bond donors (Lipinski definition) is 2. The number of carbonyl (C=O) groups is 1. The Morgan fingerprint density at radius 1 is 1.10 bits per heavy atom. The minimum atomic E-state index is -3.93. The lowest BCUT2D eigenvalue weighted by atomic mass is 10.0. The van der Waals surface area contributed by atoms with Crippen LogP contribution in [0.2, 0.25) is 10.0 Å². The zero-order valence-corrected chi connectivity index (χ0v) is 19.4. The second kappa shape index (κ2) is 8.99. The monoisotopic (exact) mass is 484 g/mol. The number of hydrogen-bond acceptors (Lipinski definition) is 6. The van der Waals surface area contributed by atoms with Crippen LogP contribution in [0.4, 0.5) is 5.13 Å². The van der Waals surface area contributed by atoms with E-state index < -0.39 is 22.0 Å². The molecule has 0 saturated heterocycles. The molecule has 0 bridgehead atoms. The van der Waals surface area contributed by atoms with Crippen LogP contribution in [0.5, 0.6) is 0 Å². The van der Waals surface area contributed by atoms with Gasteiger partial charge >= 0.3 is 0 Å². The van der Waals surface area contributed by atoms with Crippen LogP contribution < -0.4 is 10.0 Å². The summed E-state index contributed by atoms with van der Waals surface area (Å²) in [6.07, 6.45) is 0. The van der Waals surface area contributed by atoms with Gasteiger partial charge in [-0.05, 0) is 50.1 Å². The number of nitrogens with zero attached hydrogens (tertiary/aromatic N) is 2. The van der Waals surface area contributed by atoms with Crippen LogP contribution in [-0.2, 0) is 10.0 Å². The molecule has 30 heavy (non-hydrogen) atoms. The van der Waals surface area contributed by atoms with Crippen LogP contribution in [0, 0.1) is 13.8 Å². The van der Waals surface area contributed by atoms with Crippen molar-refractivity contribution in [3.63, 3.8) is 0 Å². The maximum Gasteiger partial charge on any atom is 0.270 e. The number of sulfonamides is 1. The van der Waals surface area contributed by atoms with Crippen LogP contribution >= 0.6 is 34.5 Å². The highest BCUT2D eigenvalue weighted by Crippen LogP contribution is 2.26. The second-order valence-electron chi connectivity index (χ2n) is 6.65. The zero-order valence-electron chi connectivity index (χ0n) is 16.2. The highest BCUT2D eigenvalue weighted by Gasteiger charge is 2.24. The van der Waals surface area contributed by atoms with E-state index in [0.29, 0.717) is 5.02 Å². The number of aromatic nitrogens is 2. The number of benzene rings is 2. The third-order valence-electron chi connectivity index (χ3n) is 4.26. The lowest BCUT2D eigenvalue weighted by Crippen LogP contribution is -2.27. The lowest BCUT2D eigenvalue weighted by Gasteiger charge is -2.16. The molecule has 7 nitrogen and oxygen atoms in total. The number of amides is 1. The van der Waals surface area contributed by atoms with Gasteiger partial charge in [-0.3, -0.25) is 10.1 Å². The summed E-state index contributed by atoms with van der Waals surface area (Å²) in [4.78, 5) is 12.4. The fourth-order valence-electron chi connectivity index (χ4n) is 2.87. The Balaban J connectivity index is 1.74. The Bertz CT molecular complexity index is 1210. The van der Waals surface area contributed by atoms with Crippen LogP contribution in [-0.4, -0.2) is 24.5 Å². The predicted octanol–water partition coefficient (Wildman–Crippen LogP) is 4.75. The van der Waals surface area contributed by atoms with Crippen LogP contribution in [0.3, 0.4) is 0 Å². The topological polar surface area (TPSA) is 101 Å². The van der Waals surface area contributed by atoms with Crippen molar-refractivity contribution in [1.29, 1.82) is 0 Å².